The van der Waals surface area contributed by atoms with E-state index in [1.54, 1.807) is 37.3 Å². The van der Waals surface area contributed by atoms with Crippen molar-refractivity contribution in [3.05, 3.63) is 71.1 Å². The molecule has 1 aromatic heterocycles. The first-order valence-electron chi connectivity index (χ1n) is 7.83. The van der Waals surface area contributed by atoms with Gasteiger partial charge in [0.2, 0.25) is 0 Å². The topological polar surface area (TPSA) is 66.4 Å². The summed E-state index contributed by atoms with van der Waals surface area (Å²) in [6.07, 6.45) is -0.766. The fraction of sp³-hybridized carbons (Fsp3) is 0.158. The third-order valence-electron chi connectivity index (χ3n) is 3.77. The first-order valence-corrected chi connectivity index (χ1v) is 10.1. The molecule has 0 fully saturated rings. The van der Waals surface area contributed by atoms with Gasteiger partial charge in [-0.25, -0.2) is 8.42 Å². The van der Waals surface area contributed by atoms with Gasteiger partial charge < -0.3 is 5.11 Å². The molecule has 25 heavy (non-hydrogen) atoms. The highest BCUT2D eigenvalue weighted by molar-refractivity contribution is 7.92. The van der Waals surface area contributed by atoms with Gasteiger partial charge in [0.25, 0.3) is 10.0 Å². The monoisotopic (exact) mass is 373 g/mol. The molecule has 0 bridgehead atoms. The molecule has 4 nitrogen and oxygen atoms in total. The van der Waals surface area contributed by atoms with Gasteiger partial charge in [0.1, 0.15) is 0 Å². The van der Waals surface area contributed by atoms with Crippen molar-refractivity contribution in [3.63, 3.8) is 0 Å². The minimum Gasteiger partial charge on any atom is -0.388 e. The van der Waals surface area contributed by atoms with Crippen molar-refractivity contribution in [3.8, 4) is 10.4 Å². The van der Waals surface area contributed by atoms with E-state index >= 15 is 0 Å². The highest BCUT2D eigenvalue weighted by Gasteiger charge is 2.20. The predicted molar refractivity (Wildman–Crippen MR) is 102 cm³/mol. The number of rotatable bonds is 5. The summed E-state index contributed by atoms with van der Waals surface area (Å²) >= 11 is 1.38. The summed E-state index contributed by atoms with van der Waals surface area (Å²) in [5, 5.41) is 10.0. The van der Waals surface area contributed by atoms with Crippen LogP contribution in [0.1, 0.15) is 23.5 Å². The molecule has 3 aromatic rings. The highest BCUT2D eigenvalue weighted by atomic mass is 32.2. The second-order valence-electron chi connectivity index (χ2n) is 5.85. The molecule has 1 heterocycles. The van der Waals surface area contributed by atoms with Crippen molar-refractivity contribution in [2.45, 2.75) is 24.8 Å². The van der Waals surface area contributed by atoms with Crippen molar-refractivity contribution in [2.24, 2.45) is 0 Å². The molecule has 0 aliphatic heterocycles. The van der Waals surface area contributed by atoms with Crippen LogP contribution in [-0.4, -0.2) is 13.5 Å². The van der Waals surface area contributed by atoms with Crippen molar-refractivity contribution in [1.29, 1.82) is 0 Å². The Labute approximate surface area is 151 Å². The van der Waals surface area contributed by atoms with Crippen LogP contribution in [0.15, 0.2) is 65.6 Å². The highest BCUT2D eigenvalue weighted by Crippen LogP contribution is 2.39. The molecule has 0 amide bonds. The molecular formula is C19H19NO3S2. The van der Waals surface area contributed by atoms with Crippen LogP contribution >= 0.6 is 11.3 Å². The fourth-order valence-corrected chi connectivity index (χ4v) is 4.65. The van der Waals surface area contributed by atoms with Gasteiger partial charge in [-0.3, -0.25) is 4.72 Å². The third kappa shape index (κ3) is 3.92. The summed E-state index contributed by atoms with van der Waals surface area (Å²) in [5.74, 6) is 0. The Balaban J connectivity index is 1.99. The third-order valence-corrected chi connectivity index (χ3v) is 6.51. The van der Waals surface area contributed by atoms with Crippen LogP contribution in [0.4, 0.5) is 5.69 Å². The van der Waals surface area contributed by atoms with Gasteiger partial charge in [-0.1, -0.05) is 48.0 Å². The Bertz CT molecular complexity index is 960. The second-order valence-corrected chi connectivity index (χ2v) is 8.62. The average molecular weight is 373 g/mol. The van der Waals surface area contributed by atoms with Gasteiger partial charge in [0.05, 0.1) is 21.6 Å². The van der Waals surface area contributed by atoms with Gasteiger partial charge in [0, 0.05) is 4.88 Å². The maximum atomic E-state index is 12.6. The molecular weight excluding hydrogens is 354 g/mol. The van der Waals surface area contributed by atoms with Gasteiger partial charge in [-0.05, 0) is 37.6 Å². The quantitative estimate of drug-likeness (QED) is 0.688. The molecule has 0 saturated carbocycles. The molecule has 0 saturated heterocycles. The summed E-state index contributed by atoms with van der Waals surface area (Å²) in [4.78, 5) is 1.69. The number of anilines is 1. The van der Waals surface area contributed by atoms with Crippen LogP contribution in [0.5, 0.6) is 0 Å². The fourth-order valence-electron chi connectivity index (χ4n) is 2.46. The largest absolute Gasteiger partial charge is 0.388 e. The lowest BCUT2D eigenvalue weighted by atomic mass is 10.2. The summed E-state index contributed by atoms with van der Waals surface area (Å²) in [5.41, 5.74) is 2.39. The van der Waals surface area contributed by atoms with Crippen LogP contribution < -0.4 is 4.72 Å². The molecule has 3 rings (SSSR count). The summed E-state index contributed by atoms with van der Waals surface area (Å²) in [6.45, 7) is 3.53. The lowest BCUT2D eigenvalue weighted by molar-refractivity contribution is 0.204. The number of hydrogen-bond donors (Lipinski definition) is 2. The van der Waals surface area contributed by atoms with Gasteiger partial charge in [-0.2, -0.15) is 0 Å². The SMILES string of the molecule is Cc1ccc(S(=O)(=O)Nc2cc(-c3ccccc3)sc2C(C)O)cc1. The minimum absolute atomic E-state index is 0.196. The average Bonchev–Trinajstić information content (AvgIpc) is 2.99. The minimum atomic E-state index is -3.71. The number of nitrogens with one attached hydrogen (secondary N) is 1. The maximum Gasteiger partial charge on any atom is 0.261 e. The lowest BCUT2D eigenvalue weighted by Gasteiger charge is -2.10. The number of aliphatic hydroxyl groups is 1. The first kappa shape index (κ1) is 17.7. The van der Waals surface area contributed by atoms with E-state index in [2.05, 4.69) is 4.72 Å². The standard InChI is InChI=1S/C19H19NO3S2/c1-13-8-10-16(11-9-13)25(22,23)20-17-12-18(24-19(17)14(2)21)15-6-4-3-5-7-15/h3-12,14,20-21H,1-2H3. The number of thiophene rings is 1. The van der Waals surface area contributed by atoms with E-state index in [0.29, 0.717) is 10.6 Å². The van der Waals surface area contributed by atoms with E-state index in [0.717, 1.165) is 16.0 Å². The van der Waals surface area contributed by atoms with E-state index in [-0.39, 0.29) is 4.90 Å². The van der Waals surface area contributed by atoms with Crippen LogP contribution in [0, 0.1) is 6.92 Å². The number of hydrogen-bond acceptors (Lipinski definition) is 4. The van der Waals surface area contributed by atoms with E-state index < -0.39 is 16.1 Å². The van der Waals surface area contributed by atoms with Crippen LogP contribution in [0.25, 0.3) is 10.4 Å². The summed E-state index contributed by atoms with van der Waals surface area (Å²) < 4.78 is 27.9. The zero-order valence-electron chi connectivity index (χ0n) is 13.9. The van der Waals surface area contributed by atoms with Crippen molar-refractivity contribution < 1.29 is 13.5 Å². The number of aliphatic hydroxyl groups excluding tert-OH is 1. The van der Waals surface area contributed by atoms with Crippen molar-refractivity contribution in [1.82, 2.24) is 0 Å². The molecule has 1 atom stereocenters. The van der Waals surface area contributed by atoms with E-state index in [9.17, 15) is 13.5 Å². The van der Waals surface area contributed by atoms with Crippen molar-refractivity contribution in [2.75, 3.05) is 4.72 Å². The molecule has 0 aliphatic carbocycles. The van der Waals surface area contributed by atoms with E-state index in [4.69, 9.17) is 0 Å². The first-order chi connectivity index (χ1) is 11.9. The molecule has 130 valence electrons. The lowest BCUT2D eigenvalue weighted by Crippen LogP contribution is -2.13. The molecule has 2 aromatic carbocycles. The van der Waals surface area contributed by atoms with E-state index in [1.165, 1.54) is 11.3 Å². The second kappa shape index (κ2) is 7.00. The van der Waals surface area contributed by atoms with Gasteiger partial charge in [0.15, 0.2) is 0 Å². The molecule has 6 heteroatoms. The summed E-state index contributed by atoms with van der Waals surface area (Å²) in [6, 6.07) is 18.1. The van der Waals surface area contributed by atoms with Crippen LogP contribution in [0.2, 0.25) is 0 Å². The maximum absolute atomic E-state index is 12.6. The Morgan fingerprint density at radius 3 is 2.28 bits per heavy atom. The summed E-state index contributed by atoms with van der Waals surface area (Å²) in [7, 11) is -3.71. The predicted octanol–water partition coefficient (Wildman–Crippen LogP) is 4.58. The Morgan fingerprint density at radius 1 is 1.04 bits per heavy atom. The molecule has 2 N–H and O–H groups in total. The van der Waals surface area contributed by atoms with E-state index in [1.807, 2.05) is 37.3 Å². The molecule has 0 aliphatic rings. The van der Waals surface area contributed by atoms with Gasteiger partial charge >= 0.3 is 0 Å². The Hall–Kier alpha value is -2.15. The van der Waals surface area contributed by atoms with Crippen LogP contribution in [0.3, 0.4) is 0 Å². The number of sulfonamides is 1. The smallest absolute Gasteiger partial charge is 0.261 e. The molecule has 1 unspecified atom stereocenters. The number of aryl methyl sites for hydroxylation is 1. The molecule has 0 radical (unpaired) electrons. The Morgan fingerprint density at radius 2 is 1.68 bits per heavy atom. The van der Waals surface area contributed by atoms with Crippen LogP contribution in [-0.2, 0) is 10.0 Å². The van der Waals surface area contributed by atoms with Crippen molar-refractivity contribution >= 4 is 27.0 Å². The number of benzene rings is 2. The van der Waals surface area contributed by atoms with Gasteiger partial charge in [-0.15, -0.1) is 11.3 Å². The normalized spacial score (nSPS) is 12.8. The molecule has 0 spiro atoms. The Kier molecular flexibility index (Phi) is 4.94. The zero-order valence-corrected chi connectivity index (χ0v) is 15.6. The zero-order chi connectivity index (χ0) is 18.0.